The van der Waals surface area contributed by atoms with Gasteiger partial charge in [0.25, 0.3) is 5.56 Å². The van der Waals surface area contributed by atoms with Gasteiger partial charge in [0, 0.05) is 10.0 Å². The van der Waals surface area contributed by atoms with Gasteiger partial charge in [0.05, 0.1) is 17.1 Å². The van der Waals surface area contributed by atoms with Crippen LogP contribution in [0.2, 0.25) is 0 Å². The number of hydrogen-bond donors (Lipinski definition) is 2. The number of rotatable bonds is 4. The first-order valence-electron chi connectivity index (χ1n) is 7.43. The van der Waals surface area contributed by atoms with Crippen molar-refractivity contribution in [3.8, 4) is 0 Å². The summed E-state index contributed by atoms with van der Waals surface area (Å²) in [5, 5.41) is 3.34. The number of carbonyl (C=O) groups excluding carboxylic acids is 1. The summed E-state index contributed by atoms with van der Waals surface area (Å²) in [6.45, 7) is 0. The van der Waals surface area contributed by atoms with Gasteiger partial charge in [-0.15, -0.1) is 0 Å². The van der Waals surface area contributed by atoms with E-state index in [1.165, 1.54) is 11.8 Å². The van der Waals surface area contributed by atoms with Crippen LogP contribution in [0.3, 0.4) is 0 Å². The molecule has 1 aliphatic rings. The van der Waals surface area contributed by atoms with Crippen molar-refractivity contribution in [3.05, 3.63) is 50.3 Å². The SMILES string of the molecule is O=C(CSc1nc2c(c(=O)[nH]1)CCCC2)Nc1ccccc1Br. The van der Waals surface area contributed by atoms with Crippen molar-refractivity contribution in [3.63, 3.8) is 0 Å². The molecular weight excluding hydrogens is 378 g/mol. The molecule has 0 saturated carbocycles. The first-order valence-corrected chi connectivity index (χ1v) is 9.20. The lowest BCUT2D eigenvalue weighted by Gasteiger charge is -2.14. The van der Waals surface area contributed by atoms with Crippen molar-refractivity contribution in [2.45, 2.75) is 30.8 Å². The Bertz CT molecular complexity index is 791. The van der Waals surface area contributed by atoms with Crippen LogP contribution >= 0.6 is 27.7 Å². The summed E-state index contributed by atoms with van der Waals surface area (Å²) in [4.78, 5) is 31.4. The smallest absolute Gasteiger partial charge is 0.254 e. The molecule has 0 atom stereocenters. The molecular formula is C16H16BrN3O2S. The molecule has 5 nitrogen and oxygen atoms in total. The number of aromatic amines is 1. The van der Waals surface area contributed by atoms with E-state index >= 15 is 0 Å². The Morgan fingerprint density at radius 1 is 1.30 bits per heavy atom. The Kier molecular flexibility index (Phi) is 5.17. The summed E-state index contributed by atoms with van der Waals surface area (Å²) < 4.78 is 0.832. The Hall–Kier alpha value is -1.60. The molecule has 3 rings (SSSR count). The summed E-state index contributed by atoms with van der Waals surface area (Å²) in [6.07, 6.45) is 3.75. The number of hydrogen-bond acceptors (Lipinski definition) is 4. The number of fused-ring (bicyclic) bond motifs is 1. The van der Waals surface area contributed by atoms with Crippen molar-refractivity contribution >= 4 is 39.3 Å². The molecule has 1 amide bonds. The van der Waals surface area contributed by atoms with E-state index in [-0.39, 0.29) is 17.2 Å². The largest absolute Gasteiger partial charge is 0.324 e. The van der Waals surface area contributed by atoms with Crippen LogP contribution < -0.4 is 10.9 Å². The average molecular weight is 394 g/mol. The van der Waals surface area contributed by atoms with Crippen LogP contribution in [0, 0.1) is 0 Å². The van der Waals surface area contributed by atoms with Gasteiger partial charge in [-0.3, -0.25) is 9.59 Å². The Morgan fingerprint density at radius 3 is 2.91 bits per heavy atom. The quantitative estimate of drug-likeness (QED) is 0.617. The van der Waals surface area contributed by atoms with Crippen LogP contribution in [0.1, 0.15) is 24.1 Å². The number of aryl methyl sites for hydroxylation is 1. The number of nitrogens with zero attached hydrogens (tertiary/aromatic N) is 1. The standard InChI is InChI=1S/C16H16BrN3O2S/c17-11-6-2-4-8-13(11)18-14(21)9-23-16-19-12-7-3-1-5-10(12)15(22)20-16/h2,4,6,8H,1,3,5,7,9H2,(H,18,21)(H,19,20,22). The van der Waals surface area contributed by atoms with E-state index in [0.29, 0.717) is 5.16 Å². The Morgan fingerprint density at radius 2 is 2.09 bits per heavy atom. The minimum Gasteiger partial charge on any atom is -0.324 e. The van der Waals surface area contributed by atoms with Gasteiger partial charge in [0.1, 0.15) is 0 Å². The van der Waals surface area contributed by atoms with E-state index in [0.717, 1.165) is 47.1 Å². The van der Waals surface area contributed by atoms with Gasteiger partial charge in [0.15, 0.2) is 5.16 Å². The van der Waals surface area contributed by atoms with E-state index in [9.17, 15) is 9.59 Å². The fraction of sp³-hybridized carbons (Fsp3) is 0.312. The van der Waals surface area contributed by atoms with Gasteiger partial charge in [0.2, 0.25) is 5.91 Å². The van der Waals surface area contributed by atoms with E-state index in [2.05, 4.69) is 31.2 Å². The summed E-state index contributed by atoms with van der Waals surface area (Å²) in [5.41, 5.74) is 2.35. The lowest BCUT2D eigenvalue weighted by molar-refractivity contribution is -0.113. The minimum absolute atomic E-state index is 0.0663. The third kappa shape index (κ3) is 4.03. The number of para-hydroxylation sites is 1. The fourth-order valence-corrected chi connectivity index (χ4v) is 3.60. The maximum Gasteiger partial charge on any atom is 0.254 e. The van der Waals surface area contributed by atoms with Crippen molar-refractivity contribution in [2.75, 3.05) is 11.1 Å². The van der Waals surface area contributed by atoms with Crippen LogP contribution in [0.5, 0.6) is 0 Å². The molecule has 0 unspecified atom stereocenters. The summed E-state index contributed by atoms with van der Waals surface area (Å²) >= 11 is 4.64. The summed E-state index contributed by atoms with van der Waals surface area (Å²) in [5.74, 6) is 0.0607. The zero-order valence-electron chi connectivity index (χ0n) is 12.4. The van der Waals surface area contributed by atoms with Crippen LogP contribution in [0.25, 0.3) is 0 Å². The maximum absolute atomic E-state index is 12.0. The Balaban J connectivity index is 1.64. The molecule has 1 aromatic heterocycles. The maximum atomic E-state index is 12.0. The van der Waals surface area contributed by atoms with Crippen LogP contribution in [0.4, 0.5) is 5.69 Å². The molecule has 0 bridgehead atoms. The molecule has 0 fully saturated rings. The molecule has 1 aliphatic carbocycles. The average Bonchev–Trinajstić information content (AvgIpc) is 2.55. The van der Waals surface area contributed by atoms with E-state index < -0.39 is 0 Å². The second-order valence-electron chi connectivity index (χ2n) is 5.32. The minimum atomic E-state index is -0.137. The summed E-state index contributed by atoms with van der Waals surface area (Å²) in [6, 6.07) is 7.43. The second kappa shape index (κ2) is 7.31. The predicted octanol–water partition coefficient (Wildman–Crippen LogP) is 3.14. The van der Waals surface area contributed by atoms with Crippen molar-refractivity contribution in [2.24, 2.45) is 0 Å². The van der Waals surface area contributed by atoms with E-state index in [1.807, 2.05) is 24.3 Å². The molecule has 1 heterocycles. The normalized spacial score (nSPS) is 13.4. The highest BCUT2D eigenvalue weighted by Gasteiger charge is 2.16. The molecule has 0 saturated heterocycles. The van der Waals surface area contributed by atoms with Gasteiger partial charge >= 0.3 is 0 Å². The topological polar surface area (TPSA) is 74.8 Å². The number of carbonyl (C=O) groups is 1. The van der Waals surface area contributed by atoms with Crippen molar-refractivity contribution in [1.29, 1.82) is 0 Å². The molecule has 7 heteroatoms. The molecule has 120 valence electrons. The molecule has 2 aromatic rings. The molecule has 0 radical (unpaired) electrons. The third-order valence-electron chi connectivity index (χ3n) is 3.66. The lowest BCUT2D eigenvalue weighted by Crippen LogP contribution is -2.22. The zero-order chi connectivity index (χ0) is 16.2. The van der Waals surface area contributed by atoms with Gasteiger partial charge in [-0.2, -0.15) is 0 Å². The predicted molar refractivity (Wildman–Crippen MR) is 95.0 cm³/mol. The van der Waals surface area contributed by atoms with Crippen LogP contribution in [0.15, 0.2) is 38.7 Å². The monoisotopic (exact) mass is 393 g/mol. The second-order valence-corrected chi connectivity index (χ2v) is 7.14. The van der Waals surface area contributed by atoms with Crippen LogP contribution in [-0.4, -0.2) is 21.6 Å². The number of anilines is 1. The highest BCUT2D eigenvalue weighted by atomic mass is 79.9. The third-order valence-corrected chi connectivity index (χ3v) is 5.22. The summed E-state index contributed by atoms with van der Waals surface area (Å²) in [7, 11) is 0. The van der Waals surface area contributed by atoms with Crippen LogP contribution in [-0.2, 0) is 17.6 Å². The van der Waals surface area contributed by atoms with Crippen molar-refractivity contribution in [1.82, 2.24) is 9.97 Å². The number of nitrogens with one attached hydrogen (secondary N) is 2. The highest BCUT2D eigenvalue weighted by Crippen LogP contribution is 2.22. The number of H-pyrrole nitrogens is 1. The van der Waals surface area contributed by atoms with Gasteiger partial charge < -0.3 is 10.3 Å². The van der Waals surface area contributed by atoms with E-state index in [4.69, 9.17) is 0 Å². The zero-order valence-corrected chi connectivity index (χ0v) is 14.8. The first-order chi connectivity index (χ1) is 11.1. The highest BCUT2D eigenvalue weighted by molar-refractivity contribution is 9.10. The molecule has 23 heavy (non-hydrogen) atoms. The number of aromatic nitrogens is 2. The number of thioether (sulfide) groups is 1. The number of amides is 1. The molecule has 1 aromatic carbocycles. The van der Waals surface area contributed by atoms with E-state index in [1.54, 1.807) is 0 Å². The van der Waals surface area contributed by atoms with Gasteiger partial charge in [-0.05, 0) is 53.7 Å². The molecule has 2 N–H and O–H groups in total. The number of benzene rings is 1. The van der Waals surface area contributed by atoms with Crippen molar-refractivity contribution < 1.29 is 4.79 Å². The van der Waals surface area contributed by atoms with Gasteiger partial charge in [-0.25, -0.2) is 4.98 Å². The first kappa shape index (κ1) is 16.3. The molecule has 0 spiro atoms. The lowest BCUT2D eigenvalue weighted by atomic mass is 9.97. The van der Waals surface area contributed by atoms with Gasteiger partial charge in [-0.1, -0.05) is 23.9 Å². The Labute approximate surface area is 146 Å². The number of halogens is 1. The molecule has 0 aliphatic heterocycles. The fourth-order valence-electron chi connectivity index (χ4n) is 2.53.